The van der Waals surface area contributed by atoms with E-state index in [0.717, 1.165) is 0 Å². The second-order valence-electron chi connectivity index (χ2n) is 4.95. The van der Waals surface area contributed by atoms with Crippen LogP contribution in [0.1, 0.15) is 33.1 Å². The van der Waals surface area contributed by atoms with Gasteiger partial charge in [0.05, 0.1) is 12.0 Å². The van der Waals surface area contributed by atoms with Crippen molar-refractivity contribution >= 4 is 17.8 Å². The minimum atomic E-state index is -1.02. The Morgan fingerprint density at radius 1 is 1.21 bits per heavy atom. The van der Waals surface area contributed by atoms with Crippen molar-refractivity contribution in [2.24, 2.45) is 17.6 Å². The van der Waals surface area contributed by atoms with Gasteiger partial charge in [0.15, 0.2) is 0 Å². The summed E-state index contributed by atoms with van der Waals surface area (Å²) < 4.78 is 0. The number of carboxylic acids is 2. The van der Waals surface area contributed by atoms with Gasteiger partial charge < -0.3 is 21.3 Å². The lowest BCUT2D eigenvalue weighted by Gasteiger charge is -2.17. The first kappa shape index (κ1) is 17.4. The molecule has 7 heteroatoms. The third-order valence-electron chi connectivity index (χ3n) is 2.63. The standard InChI is InChI=1S/C12H22N2O5/c1-7(2)5-8(12(18)19)6-14-11(17)9(13)3-4-10(15)16/h7-9H,3-6,13H2,1-2H3,(H,14,17)(H,15,16)(H,18,19). The highest BCUT2D eigenvalue weighted by atomic mass is 16.4. The van der Waals surface area contributed by atoms with Gasteiger partial charge in [-0.3, -0.25) is 14.4 Å². The molecule has 19 heavy (non-hydrogen) atoms. The maximum absolute atomic E-state index is 11.5. The van der Waals surface area contributed by atoms with Crippen molar-refractivity contribution < 1.29 is 24.6 Å². The smallest absolute Gasteiger partial charge is 0.308 e. The number of nitrogens with two attached hydrogens (primary N) is 1. The quantitative estimate of drug-likeness (QED) is 0.469. The van der Waals surface area contributed by atoms with Gasteiger partial charge in [0.25, 0.3) is 0 Å². The van der Waals surface area contributed by atoms with Crippen LogP contribution < -0.4 is 11.1 Å². The molecule has 0 heterocycles. The molecule has 2 unspecified atom stereocenters. The van der Waals surface area contributed by atoms with Crippen LogP contribution in [0, 0.1) is 11.8 Å². The van der Waals surface area contributed by atoms with Crippen LogP contribution in [-0.4, -0.2) is 40.6 Å². The van der Waals surface area contributed by atoms with E-state index in [-0.39, 0.29) is 25.3 Å². The lowest BCUT2D eigenvalue weighted by molar-refractivity contribution is -0.142. The fourth-order valence-electron chi connectivity index (χ4n) is 1.61. The summed E-state index contributed by atoms with van der Waals surface area (Å²) in [4.78, 5) is 32.9. The van der Waals surface area contributed by atoms with Crippen LogP contribution in [0.3, 0.4) is 0 Å². The van der Waals surface area contributed by atoms with E-state index < -0.39 is 29.8 Å². The molecule has 0 fully saturated rings. The number of aliphatic carboxylic acids is 2. The summed E-state index contributed by atoms with van der Waals surface area (Å²) in [5.41, 5.74) is 5.51. The summed E-state index contributed by atoms with van der Waals surface area (Å²) in [7, 11) is 0. The predicted octanol–water partition coefficient (Wildman–Crippen LogP) is 0.0416. The normalized spacial score (nSPS) is 13.9. The molecule has 0 rings (SSSR count). The molecule has 0 aromatic carbocycles. The predicted molar refractivity (Wildman–Crippen MR) is 68.4 cm³/mol. The summed E-state index contributed by atoms with van der Waals surface area (Å²) in [5, 5.41) is 19.9. The highest BCUT2D eigenvalue weighted by molar-refractivity contribution is 5.82. The number of carbonyl (C=O) groups excluding carboxylic acids is 1. The molecule has 7 nitrogen and oxygen atoms in total. The number of hydrogen-bond acceptors (Lipinski definition) is 4. The van der Waals surface area contributed by atoms with Crippen LogP contribution in [0.25, 0.3) is 0 Å². The Labute approximate surface area is 112 Å². The van der Waals surface area contributed by atoms with Crippen LogP contribution in [0.15, 0.2) is 0 Å². The second kappa shape index (κ2) is 8.47. The van der Waals surface area contributed by atoms with Crippen molar-refractivity contribution in [3.05, 3.63) is 0 Å². The van der Waals surface area contributed by atoms with E-state index in [0.29, 0.717) is 6.42 Å². The van der Waals surface area contributed by atoms with Gasteiger partial charge in [-0.15, -0.1) is 0 Å². The molecular formula is C12H22N2O5. The third-order valence-corrected chi connectivity index (χ3v) is 2.63. The van der Waals surface area contributed by atoms with Gasteiger partial charge in [-0.25, -0.2) is 0 Å². The zero-order valence-corrected chi connectivity index (χ0v) is 11.3. The Morgan fingerprint density at radius 2 is 1.79 bits per heavy atom. The van der Waals surface area contributed by atoms with E-state index in [4.69, 9.17) is 15.9 Å². The number of carbonyl (C=O) groups is 3. The molecule has 0 radical (unpaired) electrons. The molecule has 0 saturated carbocycles. The fraction of sp³-hybridized carbons (Fsp3) is 0.750. The summed E-state index contributed by atoms with van der Waals surface area (Å²) in [6.07, 6.45) is 0.298. The van der Waals surface area contributed by atoms with Gasteiger partial charge in [-0.2, -0.15) is 0 Å². The van der Waals surface area contributed by atoms with Crippen molar-refractivity contribution in [2.75, 3.05) is 6.54 Å². The first-order valence-electron chi connectivity index (χ1n) is 6.22. The number of carboxylic acid groups (broad SMARTS) is 2. The monoisotopic (exact) mass is 274 g/mol. The molecule has 0 aliphatic carbocycles. The zero-order chi connectivity index (χ0) is 15.0. The van der Waals surface area contributed by atoms with Gasteiger partial charge >= 0.3 is 11.9 Å². The average Bonchev–Trinajstić information content (AvgIpc) is 2.29. The lowest BCUT2D eigenvalue weighted by Crippen LogP contribution is -2.43. The van der Waals surface area contributed by atoms with Crippen molar-refractivity contribution in [3.8, 4) is 0 Å². The summed E-state index contributed by atoms with van der Waals surface area (Å²) in [6.45, 7) is 3.81. The van der Waals surface area contributed by atoms with Crippen LogP contribution in [-0.2, 0) is 14.4 Å². The Balaban J connectivity index is 4.17. The topological polar surface area (TPSA) is 130 Å². The van der Waals surface area contributed by atoms with Gasteiger partial charge in [0.2, 0.25) is 5.91 Å². The molecule has 0 bridgehead atoms. The molecule has 0 aromatic rings. The van der Waals surface area contributed by atoms with Crippen molar-refractivity contribution in [2.45, 2.75) is 39.2 Å². The summed E-state index contributed by atoms with van der Waals surface area (Å²) in [6, 6.07) is -0.926. The molecule has 0 aliphatic rings. The maximum atomic E-state index is 11.5. The first-order valence-corrected chi connectivity index (χ1v) is 6.22. The van der Waals surface area contributed by atoms with Gasteiger partial charge in [-0.1, -0.05) is 13.8 Å². The molecule has 0 saturated heterocycles. The minimum absolute atomic E-state index is 0.00706. The molecule has 2 atom stereocenters. The van der Waals surface area contributed by atoms with E-state index in [9.17, 15) is 14.4 Å². The van der Waals surface area contributed by atoms with Crippen molar-refractivity contribution in [1.82, 2.24) is 5.32 Å². The number of amides is 1. The minimum Gasteiger partial charge on any atom is -0.481 e. The lowest BCUT2D eigenvalue weighted by atomic mass is 9.97. The van der Waals surface area contributed by atoms with Gasteiger partial charge in [0.1, 0.15) is 0 Å². The fourth-order valence-corrected chi connectivity index (χ4v) is 1.61. The zero-order valence-electron chi connectivity index (χ0n) is 11.3. The van der Waals surface area contributed by atoms with Crippen LogP contribution >= 0.6 is 0 Å². The molecular weight excluding hydrogens is 252 g/mol. The number of nitrogens with one attached hydrogen (secondary N) is 1. The van der Waals surface area contributed by atoms with Crippen LogP contribution in [0.2, 0.25) is 0 Å². The Hall–Kier alpha value is -1.63. The maximum Gasteiger partial charge on any atom is 0.308 e. The van der Waals surface area contributed by atoms with E-state index in [1.807, 2.05) is 13.8 Å². The second-order valence-corrected chi connectivity index (χ2v) is 4.95. The van der Waals surface area contributed by atoms with E-state index in [2.05, 4.69) is 5.32 Å². The van der Waals surface area contributed by atoms with E-state index in [1.165, 1.54) is 0 Å². The van der Waals surface area contributed by atoms with E-state index >= 15 is 0 Å². The van der Waals surface area contributed by atoms with Gasteiger partial charge in [0, 0.05) is 13.0 Å². The highest BCUT2D eigenvalue weighted by Crippen LogP contribution is 2.11. The van der Waals surface area contributed by atoms with E-state index in [1.54, 1.807) is 0 Å². The highest BCUT2D eigenvalue weighted by Gasteiger charge is 2.21. The Kier molecular flexibility index (Phi) is 7.74. The summed E-state index contributed by atoms with van der Waals surface area (Å²) in [5.74, 6) is -2.95. The van der Waals surface area contributed by atoms with Crippen LogP contribution in [0.4, 0.5) is 0 Å². The van der Waals surface area contributed by atoms with Crippen molar-refractivity contribution in [3.63, 3.8) is 0 Å². The van der Waals surface area contributed by atoms with Gasteiger partial charge in [-0.05, 0) is 18.8 Å². The number of hydrogen-bond donors (Lipinski definition) is 4. The first-order chi connectivity index (χ1) is 8.73. The average molecular weight is 274 g/mol. The summed E-state index contributed by atoms with van der Waals surface area (Å²) >= 11 is 0. The Morgan fingerprint density at radius 3 is 2.21 bits per heavy atom. The SMILES string of the molecule is CC(C)CC(CNC(=O)C(N)CCC(=O)O)C(=O)O. The largest absolute Gasteiger partial charge is 0.481 e. The van der Waals surface area contributed by atoms with Crippen LogP contribution in [0.5, 0.6) is 0 Å². The molecule has 0 aliphatic heterocycles. The molecule has 110 valence electrons. The molecule has 1 amide bonds. The molecule has 5 N–H and O–H groups in total. The Bertz CT molecular complexity index is 330. The molecule has 0 spiro atoms. The molecule has 0 aromatic heterocycles. The van der Waals surface area contributed by atoms with Crippen molar-refractivity contribution in [1.29, 1.82) is 0 Å². The third kappa shape index (κ3) is 8.15. The number of rotatable bonds is 9.